The van der Waals surface area contributed by atoms with Gasteiger partial charge in [0.2, 0.25) is 10.0 Å². The largest absolute Gasteiger partial charge is 0.357 e. The molecule has 0 saturated carbocycles. The van der Waals surface area contributed by atoms with Crippen LogP contribution in [0.1, 0.15) is 18.9 Å². The number of rotatable bonds is 6. The number of benzene rings is 1. The highest BCUT2D eigenvalue weighted by Crippen LogP contribution is 2.11. The van der Waals surface area contributed by atoms with Crippen molar-refractivity contribution < 1.29 is 12.8 Å². The summed E-state index contributed by atoms with van der Waals surface area (Å²) in [6.45, 7) is 4.48. The van der Waals surface area contributed by atoms with Crippen LogP contribution in [-0.2, 0) is 16.6 Å². The van der Waals surface area contributed by atoms with Gasteiger partial charge in [-0.2, -0.15) is 0 Å². The maximum Gasteiger partial charge on any atom is 0.214 e. The number of halogens is 2. The van der Waals surface area contributed by atoms with Crippen molar-refractivity contribution in [2.75, 3.05) is 31.9 Å². The Morgan fingerprint density at radius 1 is 1.38 bits per heavy atom. The lowest BCUT2D eigenvalue weighted by atomic mass is 10.2. The molecule has 0 amide bonds. The molecule has 1 aliphatic rings. The Hall–Kier alpha value is -0.940. The molecule has 0 aromatic heterocycles. The average Bonchev–Trinajstić information content (AvgIpc) is 2.84. The van der Waals surface area contributed by atoms with Gasteiger partial charge in [-0.15, -0.1) is 24.0 Å². The summed E-state index contributed by atoms with van der Waals surface area (Å²) in [5, 5.41) is 6.20. The highest BCUT2D eigenvalue weighted by Gasteiger charge is 2.27. The number of aliphatic imine (C=N–C) groups is 1. The number of sulfonamides is 1. The molecular formula is C15H24FIN4O2S. The molecule has 0 unspecified atom stereocenters. The molecule has 1 fully saturated rings. The molecule has 136 valence electrons. The van der Waals surface area contributed by atoms with Gasteiger partial charge in [-0.1, -0.05) is 12.1 Å². The molecule has 2 rings (SSSR count). The van der Waals surface area contributed by atoms with Gasteiger partial charge in [-0.3, -0.25) is 0 Å². The molecule has 0 bridgehead atoms. The van der Waals surface area contributed by atoms with Crippen molar-refractivity contribution in [2.24, 2.45) is 4.99 Å². The number of hydrogen-bond acceptors (Lipinski definition) is 3. The van der Waals surface area contributed by atoms with Gasteiger partial charge in [-0.05, 0) is 31.0 Å². The maximum atomic E-state index is 13.1. The van der Waals surface area contributed by atoms with E-state index in [0.717, 1.165) is 5.56 Å². The topological polar surface area (TPSA) is 73.8 Å². The van der Waals surface area contributed by atoms with E-state index in [4.69, 9.17) is 0 Å². The van der Waals surface area contributed by atoms with Crippen molar-refractivity contribution in [2.45, 2.75) is 19.9 Å². The third-order valence-corrected chi connectivity index (χ3v) is 5.47. The van der Waals surface area contributed by atoms with Crippen molar-refractivity contribution in [3.63, 3.8) is 0 Å². The van der Waals surface area contributed by atoms with E-state index in [1.165, 1.54) is 16.4 Å². The van der Waals surface area contributed by atoms with Gasteiger partial charge in [0.05, 0.1) is 12.3 Å². The average molecular weight is 470 g/mol. The third-order valence-electron chi connectivity index (χ3n) is 3.51. The second kappa shape index (κ2) is 10.1. The lowest BCUT2D eigenvalue weighted by Gasteiger charge is -2.16. The van der Waals surface area contributed by atoms with Gasteiger partial charge in [0.1, 0.15) is 5.82 Å². The van der Waals surface area contributed by atoms with Gasteiger partial charge >= 0.3 is 0 Å². The molecule has 6 nitrogen and oxygen atoms in total. The summed E-state index contributed by atoms with van der Waals surface area (Å²) in [5.41, 5.74) is 0.782. The lowest BCUT2D eigenvalue weighted by Crippen LogP contribution is -2.42. The van der Waals surface area contributed by atoms with Crippen LogP contribution in [-0.4, -0.2) is 50.6 Å². The molecule has 1 saturated heterocycles. The van der Waals surface area contributed by atoms with Crippen LogP contribution in [0.2, 0.25) is 0 Å². The van der Waals surface area contributed by atoms with Crippen LogP contribution in [0.3, 0.4) is 0 Å². The summed E-state index contributed by atoms with van der Waals surface area (Å²) in [6.07, 6.45) is 0.691. The molecule has 2 N–H and O–H groups in total. The first-order chi connectivity index (χ1) is 11.0. The van der Waals surface area contributed by atoms with Crippen molar-refractivity contribution in [1.29, 1.82) is 0 Å². The van der Waals surface area contributed by atoms with E-state index in [1.807, 2.05) is 13.0 Å². The Labute approximate surface area is 160 Å². The Kier molecular flexibility index (Phi) is 8.92. The number of guanidine groups is 1. The first-order valence-electron chi connectivity index (χ1n) is 7.75. The first kappa shape index (κ1) is 21.1. The number of nitrogens with one attached hydrogen (secondary N) is 2. The van der Waals surface area contributed by atoms with Crippen LogP contribution in [0.4, 0.5) is 4.39 Å². The normalized spacial score (nSPS) is 17.3. The van der Waals surface area contributed by atoms with Gasteiger partial charge in [0.15, 0.2) is 5.96 Å². The second-order valence-electron chi connectivity index (χ2n) is 5.32. The third kappa shape index (κ3) is 6.52. The second-order valence-corrected chi connectivity index (χ2v) is 7.41. The fourth-order valence-corrected chi connectivity index (χ4v) is 3.92. The first-order valence-corrected chi connectivity index (χ1v) is 9.36. The molecule has 9 heteroatoms. The van der Waals surface area contributed by atoms with Crippen molar-refractivity contribution in [3.8, 4) is 0 Å². The molecule has 0 aliphatic carbocycles. The van der Waals surface area contributed by atoms with Crippen LogP contribution in [0.5, 0.6) is 0 Å². The van der Waals surface area contributed by atoms with Gasteiger partial charge < -0.3 is 10.6 Å². The van der Waals surface area contributed by atoms with Crippen molar-refractivity contribution in [3.05, 3.63) is 35.6 Å². The molecule has 24 heavy (non-hydrogen) atoms. The Morgan fingerprint density at radius 2 is 2.17 bits per heavy atom. The predicted octanol–water partition coefficient (Wildman–Crippen LogP) is 1.53. The van der Waals surface area contributed by atoms with Crippen LogP contribution in [0, 0.1) is 5.82 Å². The van der Waals surface area contributed by atoms with Crippen LogP contribution >= 0.6 is 24.0 Å². The molecule has 1 heterocycles. The maximum absolute atomic E-state index is 13.1. The zero-order chi connectivity index (χ0) is 16.7. The molecule has 1 aliphatic heterocycles. The van der Waals surface area contributed by atoms with E-state index in [2.05, 4.69) is 15.6 Å². The van der Waals surface area contributed by atoms with Crippen molar-refractivity contribution in [1.82, 2.24) is 14.9 Å². The zero-order valence-electron chi connectivity index (χ0n) is 13.7. The summed E-state index contributed by atoms with van der Waals surface area (Å²) in [4.78, 5) is 4.39. The minimum absolute atomic E-state index is 0. The van der Waals surface area contributed by atoms with Crippen LogP contribution in [0.15, 0.2) is 29.3 Å². The summed E-state index contributed by atoms with van der Waals surface area (Å²) in [6, 6.07) is 6.31. The summed E-state index contributed by atoms with van der Waals surface area (Å²) in [5.74, 6) is 0.545. The van der Waals surface area contributed by atoms with Crippen molar-refractivity contribution >= 4 is 40.0 Å². The minimum atomic E-state index is -3.07. The fraction of sp³-hybridized carbons (Fsp3) is 0.533. The van der Waals surface area contributed by atoms with Gasteiger partial charge in [0, 0.05) is 26.2 Å². The SMILES string of the molecule is CCNC(=NCc1cccc(F)c1)NCCN1CCCS1(=O)=O.I. The quantitative estimate of drug-likeness (QED) is 0.376. The Bertz CT molecular complexity index is 655. The zero-order valence-corrected chi connectivity index (χ0v) is 16.8. The molecule has 1 aromatic carbocycles. The molecule has 0 atom stereocenters. The van der Waals surface area contributed by atoms with Gasteiger partial charge in [0.25, 0.3) is 0 Å². The summed E-state index contributed by atoms with van der Waals surface area (Å²) in [7, 11) is -3.07. The minimum Gasteiger partial charge on any atom is -0.357 e. The monoisotopic (exact) mass is 470 g/mol. The standard InChI is InChI=1S/C15H23FN4O2S.HI/c1-2-17-15(19-12-13-5-3-6-14(16)11-13)18-7-9-20-8-4-10-23(20,21)22;/h3,5-6,11H,2,4,7-10,12H2,1H3,(H2,17,18,19);1H. The Morgan fingerprint density at radius 3 is 2.79 bits per heavy atom. The van der Waals surface area contributed by atoms with Crippen LogP contribution < -0.4 is 10.6 Å². The molecular weight excluding hydrogens is 446 g/mol. The summed E-state index contributed by atoms with van der Waals surface area (Å²) >= 11 is 0. The number of hydrogen-bond donors (Lipinski definition) is 2. The van der Waals surface area contributed by atoms with E-state index in [0.29, 0.717) is 45.1 Å². The summed E-state index contributed by atoms with van der Waals surface area (Å²) < 4.78 is 38.1. The predicted molar refractivity (Wildman–Crippen MR) is 105 cm³/mol. The highest BCUT2D eigenvalue weighted by molar-refractivity contribution is 14.0. The molecule has 0 radical (unpaired) electrons. The molecule has 0 spiro atoms. The highest BCUT2D eigenvalue weighted by atomic mass is 127. The number of nitrogens with zero attached hydrogens (tertiary/aromatic N) is 2. The van der Waals surface area contributed by atoms with E-state index in [-0.39, 0.29) is 35.5 Å². The smallest absolute Gasteiger partial charge is 0.214 e. The lowest BCUT2D eigenvalue weighted by molar-refractivity contribution is 0.445. The van der Waals surface area contributed by atoms with E-state index < -0.39 is 10.0 Å². The Balaban J connectivity index is 0.00000288. The fourth-order valence-electron chi connectivity index (χ4n) is 2.39. The molecule has 1 aromatic rings. The van der Waals surface area contributed by atoms with E-state index in [1.54, 1.807) is 6.07 Å². The van der Waals surface area contributed by atoms with Crippen LogP contribution in [0.25, 0.3) is 0 Å². The van der Waals surface area contributed by atoms with E-state index in [9.17, 15) is 12.8 Å². The van der Waals surface area contributed by atoms with Gasteiger partial charge in [-0.25, -0.2) is 22.1 Å². The van der Waals surface area contributed by atoms with E-state index >= 15 is 0 Å².